The van der Waals surface area contributed by atoms with Gasteiger partial charge in [-0.2, -0.15) is 0 Å². The SMILES string of the molecule is CCNC(=NCC(c1ccco1)N(CC)CC)NCCOC. The number of likely N-dealkylation sites (N-methyl/N-ethyl adjacent to an activating group) is 1. The van der Waals surface area contributed by atoms with Gasteiger partial charge in [-0.05, 0) is 32.1 Å². The average Bonchev–Trinajstić information content (AvgIpc) is 3.05. The number of nitrogens with zero attached hydrogens (tertiary/aromatic N) is 2. The first kappa shape index (κ1) is 18.5. The number of guanidine groups is 1. The highest BCUT2D eigenvalue weighted by Gasteiger charge is 2.20. The second-order valence-electron chi connectivity index (χ2n) is 4.89. The van der Waals surface area contributed by atoms with Gasteiger partial charge in [-0.25, -0.2) is 0 Å². The van der Waals surface area contributed by atoms with Crippen LogP contribution in [0.4, 0.5) is 0 Å². The molecule has 2 N–H and O–H groups in total. The number of methoxy groups -OCH3 is 1. The molecule has 1 aromatic heterocycles. The van der Waals surface area contributed by atoms with E-state index in [1.165, 1.54) is 0 Å². The summed E-state index contributed by atoms with van der Waals surface area (Å²) in [7, 11) is 1.69. The minimum absolute atomic E-state index is 0.155. The molecule has 0 spiro atoms. The van der Waals surface area contributed by atoms with Crippen molar-refractivity contribution < 1.29 is 9.15 Å². The molecule has 126 valence electrons. The second-order valence-corrected chi connectivity index (χ2v) is 4.89. The van der Waals surface area contributed by atoms with Gasteiger partial charge in [-0.3, -0.25) is 9.89 Å². The molecule has 0 amide bonds. The molecule has 0 saturated heterocycles. The fraction of sp³-hybridized carbons (Fsp3) is 0.688. The van der Waals surface area contributed by atoms with Crippen LogP contribution >= 0.6 is 0 Å². The predicted octanol–water partition coefficient (Wildman–Crippen LogP) is 1.86. The van der Waals surface area contributed by atoms with E-state index in [1.807, 2.05) is 12.1 Å². The smallest absolute Gasteiger partial charge is 0.191 e. The predicted molar refractivity (Wildman–Crippen MR) is 90.2 cm³/mol. The van der Waals surface area contributed by atoms with Gasteiger partial charge in [0, 0.05) is 20.2 Å². The lowest BCUT2D eigenvalue weighted by molar-refractivity contribution is 0.197. The van der Waals surface area contributed by atoms with Crippen molar-refractivity contribution in [3.63, 3.8) is 0 Å². The molecule has 0 fully saturated rings. The maximum absolute atomic E-state index is 5.60. The lowest BCUT2D eigenvalue weighted by Crippen LogP contribution is -2.40. The lowest BCUT2D eigenvalue weighted by atomic mass is 10.2. The number of nitrogens with one attached hydrogen (secondary N) is 2. The summed E-state index contributed by atoms with van der Waals surface area (Å²) in [5, 5.41) is 6.51. The van der Waals surface area contributed by atoms with Crippen molar-refractivity contribution in [3.05, 3.63) is 24.2 Å². The van der Waals surface area contributed by atoms with Gasteiger partial charge in [-0.1, -0.05) is 13.8 Å². The third-order valence-corrected chi connectivity index (χ3v) is 3.49. The standard InChI is InChI=1S/C16H30N4O2/c1-5-17-16(18-10-12-21-4)19-13-14(20(6-2)7-3)15-9-8-11-22-15/h8-9,11,14H,5-7,10,12-13H2,1-4H3,(H2,17,18,19). The van der Waals surface area contributed by atoms with Crippen molar-refractivity contribution in [2.45, 2.75) is 26.8 Å². The minimum atomic E-state index is 0.155. The second kappa shape index (κ2) is 11.1. The molecule has 0 aliphatic carbocycles. The molecular weight excluding hydrogens is 280 g/mol. The van der Waals surface area contributed by atoms with E-state index < -0.39 is 0 Å². The molecule has 1 aromatic rings. The molecular formula is C16H30N4O2. The molecule has 6 nitrogen and oxygen atoms in total. The summed E-state index contributed by atoms with van der Waals surface area (Å²) < 4.78 is 10.7. The normalized spacial score (nSPS) is 13.4. The zero-order chi connectivity index (χ0) is 16.2. The van der Waals surface area contributed by atoms with Crippen molar-refractivity contribution in [2.75, 3.05) is 46.4 Å². The van der Waals surface area contributed by atoms with Gasteiger partial charge in [0.1, 0.15) is 5.76 Å². The fourth-order valence-electron chi connectivity index (χ4n) is 2.32. The Morgan fingerprint density at radius 1 is 1.32 bits per heavy atom. The van der Waals surface area contributed by atoms with Crippen molar-refractivity contribution in [1.82, 2.24) is 15.5 Å². The average molecular weight is 310 g/mol. The Morgan fingerprint density at radius 2 is 2.09 bits per heavy atom. The van der Waals surface area contributed by atoms with E-state index >= 15 is 0 Å². The molecule has 1 rings (SSSR count). The molecule has 22 heavy (non-hydrogen) atoms. The summed E-state index contributed by atoms with van der Waals surface area (Å²) in [6, 6.07) is 4.10. The van der Waals surface area contributed by atoms with Crippen molar-refractivity contribution in [1.29, 1.82) is 0 Å². The van der Waals surface area contributed by atoms with Crippen LogP contribution in [-0.4, -0.2) is 57.3 Å². The summed E-state index contributed by atoms with van der Waals surface area (Å²) >= 11 is 0. The topological polar surface area (TPSA) is 62.0 Å². The third-order valence-electron chi connectivity index (χ3n) is 3.49. The molecule has 0 saturated carbocycles. The van der Waals surface area contributed by atoms with E-state index in [4.69, 9.17) is 14.1 Å². The van der Waals surface area contributed by atoms with Crippen LogP contribution in [-0.2, 0) is 4.74 Å². The Bertz CT molecular complexity index is 402. The minimum Gasteiger partial charge on any atom is -0.468 e. The van der Waals surface area contributed by atoms with Crippen LogP contribution in [0.2, 0.25) is 0 Å². The molecule has 6 heteroatoms. The van der Waals surface area contributed by atoms with Gasteiger partial charge >= 0.3 is 0 Å². The molecule has 0 radical (unpaired) electrons. The lowest BCUT2D eigenvalue weighted by Gasteiger charge is -2.27. The van der Waals surface area contributed by atoms with E-state index in [9.17, 15) is 0 Å². The highest BCUT2D eigenvalue weighted by Crippen LogP contribution is 2.21. The maximum Gasteiger partial charge on any atom is 0.191 e. The summed E-state index contributed by atoms with van der Waals surface area (Å²) in [6.45, 7) is 11.2. The Balaban J connectivity index is 2.75. The van der Waals surface area contributed by atoms with Crippen LogP contribution in [0.1, 0.15) is 32.6 Å². The van der Waals surface area contributed by atoms with Gasteiger partial charge < -0.3 is 19.8 Å². The zero-order valence-corrected chi connectivity index (χ0v) is 14.3. The first-order valence-corrected chi connectivity index (χ1v) is 8.05. The summed E-state index contributed by atoms with van der Waals surface area (Å²) in [5.41, 5.74) is 0. The Kier molecular flexibility index (Phi) is 9.34. The first-order chi connectivity index (χ1) is 10.8. The Morgan fingerprint density at radius 3 is 2.64 bits per heavy atom. The van der Waals surface area contributed by atoms with Crippen molar-refractivity contribution >= 4 is 5.96 Å². The number of aliphatic imine (C=N–C) groups is 1. The molecule has 1 heterocycles. The highest BCUT2D eigenvalue weighted by molar-refractivity contribution is 5.79. The molecule has 0 aliphatic rings. The number of furan rings is 1. The number of rotatable bonds is 10. The molecule has 0 bridgehead atoms. The zero-order valence-electron chi connectivity index (χ0n) is 14.3. The molecule has 0 aliphatic heterocycles. The monoisotopic (exact) mass is 310 g/mol. The highest BCUT2D eigenvalue weighted by atomic mass is 16.5. The summed E-state index contributed by atoms with van der Waals surface area (Å²) in [5.74, 6) is 1.77. The Labute approximate surface area is 133 Å². The van der Waals surface area contributed by atoms with Gasteiger partial charge in [0.25, 0.3) is 0 Å². The van der Waals surface area contributed by atoms with E-state index in [0.29, 0.717) is 13.2 Å². The first-order valence-electron chi connectivity index (χ1n) is 8.05. The third kappa shape index (κ3) is 6.07. The largest absolute Gasteiger partial charge is 0.468 e. The summed E-state index contributed by atoms with van der Waals surface area (Å²) in [6.07, 6.45) is 1.72. The van der Waals surface area contributed by atoms with Crippen molar-refractivity contribution in [2.24, 2.45) is 4.99 Å². The molecule has 0 aromatic carbocycles. The van der Waals surface area contributed by atoms with Gasteiger partial charge in [0.15, 0.2) is 5.96 Å². The van der Waals surface area contributed by atoms with Gasteiger partial charge in [-0.15, -0.1) is 0 Å². The number of ether oxygens (including phenoxy) is 1. The van der Waals surface area contributed by atoms with Crippen LogP contribution in [0, 0.1) is 0 Å². The van der Waals surface area contributed by atoms with E-state index in [-0.39, 0.29) is 6.04 Å². The van der Waals surface area contributed by atoms with Crippen LogP contribution < -0.4 is 10.6 Å². The number of hydrogen-bond acceptors (Lipinski definition) is 4. The molecule has 1 atom stereocenters. The van der Waals surface area contributed by atoms with E-state index in [1.54, 1.807) is 13.4 Å². The summed E-state index contributed by atoms with van der Waals surface area (Å²) in [4.78, 5) is 7.04. The molecule has 1 unspecified atom stereocenters. The van der Waals surface area contributed by atoms with Gasteiger partial charge in [0.2, 0.25) is 0 Å². The van der Waals surface area contributed by atoms with Gasteiger partial charge in [0.05, 0.1) is 25.5 Å². The van der Waals surface area contributed by atoms with Crippen LogP contribution in [0.15, 0.2) is 27.8 Å². The van der Waals surface area contributed by atoms with Crippen LogP contribution in [0.25, 0.3) is 0 Å². The quantitative estimate of drug-likeness (QED) is 0.392. The Hall–Kier alpha value is -1.53. The van der Waals surface area contributed by atoms with E-state index in [0.717, 1.165) is 37.9 Å². The van der Waals surface area contributed by atoms with E-state index in [2.05, 4.69) is 36.3 Å². The maximum atomic E-state index is 5.60. The van der Waals surface area contributed by atoms with Crippen molar-refractivity contribution in [3.8, 4) is 0 Å². The van der Waals surface area contributed by atoms with Crippen LogP contribution in [0.3, 0.4) is 0 Å². The fourth-order valence-corrected chi connectivity index (χ4v) is 2.32. The van der Waals surface area contributed by atoms with Crippen LogP contribution in [0.5, 0.6) is 0 Å². The number of hydrogen-bond donors (Lipinski definition) is 2.